The van der Waals surface area contributed by atoms with Gasteiger partial charge in [0.25, 0.3) is 0 Å². The molecule has 3 fully saturated rings. The minimum atomic E-state index is -0.468. The Morgan fingerprint density at radius 3 is 2.74 bits per heavy atom. The summed E-state index contributed by atoms with van der Waals surface area (Å²) in [7, 11) is 0. The zero-order chi connectivity index (χ0) is 20.9. The number of hydrogen-bond donors (Lipinski definition) is 2. The van der Waals surface area contributed by atoms with Crippen LogP contribution in [-0.4, -0.2) is 35.9 Å². The maximum Gasteiger partial charge on any atom is 0.194 e. The van der Waals surface area contributed by atoms with Gasteiger partial charge in [-0.1, -0.05) is 24.4 Å². The summed E-state index contributed by atoms with van der Waals surface area (Å²) in [6.45, 7) is 0. The van der Waals surface area contributed by atoms with E-state index >= 15 is 4.39 Å². The molecule has 4 heterocycles. The first-order valence-corrected chi connectivity index (χ1v) is 11.7. The van der Waals surface area contributed by atoms with Gasteiger partial charge in [0, 0.05) is 23.8 Å². The maximum absolute atomic E-state index is 15.6. The molecular weight excluding hydrogens is 437 g/mol. The average molecular weight is 456 g/mol. The van der Waals surface area contributed by atoms with Crippen molar-refractivity contribution in [2.45, 2.75) is 38.1 Å². The molecule has 7 rings (SSSR count). The summed E-state index contributed by atoms with van der Waals surface area (Å²) in [4.78, 5) is 25.1. The van der Waals surface area contributed by atoms with Crippen LogP contribution in [0.5, 0.6) is 0 Å². The Morgan fingerprint density at radius 1 is 1.13 bits per heavy atom. The monoisotopic (exact) mass is 455 g/mol. The Labute approximate surface area is 186 Å². The Kier molecular flexibility index (Phi) is 4.61. The Bertz CT molecular complexity index is 1250. The van der Waals surface area contributed by atoms with E-state index in [-0.39, 0.29) is 22.7 Å². The van der Waals surface area contributed by atoms with E-state index in [1.807, 2.05) is 0 Å². The molecule has 0 amide bonds. The van der Waals surface area contributed by atoms with Gasteiger partial charge in [-0.25, -0.2) is 29.3 Å². The van der Waals surface area contributed by atoms with Gasteiger partial charge in [0.15, 0.2) is 23.1 Å². The van der Waals surface area contributed by atoms with Crippen LogP contribution < -0.4 is 5.32 Å². The van der Waals surface area contributed by atoms with Crippen LogP contribution in [0.15, 0.2) is 24.0 Å². The zero-order valence-corrected chi connectivity index (χ0v) is 18.0. The summed E-state index contributed by atoms with van der Waals surface area (Å²) < 4.78 is 15.6. The third-order valence-corrected chi connectivity index (χ3v) is 7.41. The van der Waals surface area contributed by atoms with Crippen LogP contribution in [0.1, 0.15) is 32.1 Å². The molecule has 4 aromatic heterocycles. The van der Waals surface area contributed by atoms with Crippen molar-refractivity contribution in [3.63, 3.8) is 0 Å². The minimum absolute atomic E-state index is 0.188. The Balaban J connectivity index is 1.47. The summed E-state index contributed by atoms with van der Waals surface area (Å²) >= 11 is 7.40. The van der Waals surface area contributed by atoms with E-state index < -0.39 is 5.82 Å². The lowest BCUT2D eigenvalue weighted by molar-refractivity contribution is 0.157. The Hall–Kier alpha value is -2.65. The number of thiazole rings is 1. The summed E-state index contributed by atoms with van der Waals surface area (Å²) in [5, 5.41) is 6.01. The van der Waals surface area contributed by atoms with Gasteiger partial charge in [-0.15, -0.1) is 11.3 Å². The van der Waals surface area contributed by atoms with Crippen LogP contribution in [0.25, 0.3) is 33.3 Å². The smallest absolute Gasteiger partial charge is 0.194 e. The number of anilines is 1. The highest BCUT2D eigenvalue weighted by atomic mass is 35.5. The molecule has 0 saturated heterocycles. The highest BCUT2D eigenvalue weighted by molar-refractivity contribution is 7.13. The molecule has 10 heteroatoms. The highest BCUT2D eigenvalue weighted by Gasteiger charge is 2.36. The molecule has 1 unspecified atom stereocenters. The normalized spacial score (nSPS) is 22.8. The molecule has 158 valence electrons. The second-order valence-electron chi connectivity index (χ2n) is 8.26. The number of halogens is 2. The molecule has 0 radical (unpaired) electrons. The van der Waals surface area contributed by atoms with Crippen LogP contribution in [-0.2, 0) is 0 Å². The van der Waals surface area contributed by atoms with E-state index in [0.29, 0.717) is 33.5 Å². The molecule has 0 aromatic carbocycles. The summed E-state index contributed by atoms with van der Waals surface area (Å²) in [5.41, 5.74) is 1.93. The fourth-order valence-corrected chi connectivity index (χ4v) is 5.67. The lowest BCUT2D eigenvalue weighted by Gasteiger charge is -2.42. The van der Waals surface area contributed by atoms with Gasteiger partial charge in [-0.3, -0.25) is 0 Å². The standard InChI is InChI=1S/C21H19ClFN7S/c22-14-9-26-20-16(28-14)12(8-25-20)18-29-17(21-24-5-6-31-21)15(23)19(30-18)27-13-7-10-1-3-11(13)4-2-10/h5-6,8-11,13H,1-4,7H2,(H,25,26)(H,27,29,30). The van der Waals surface area contributed by atoms with Gasteiger partial charge in [-0.05, 0) is 31.1 Å². The summed E-state index contributed by atoms with van der Waals surface area (Å²) in [6, 6.07) is 0.228. The maximum atomic E-state index is 15.6. The van der Waals surface area contributed by atoms with E-state index in [1.54, 1.807) is 17.8 Å². The Morgan fingerprint density at radius 2 is 2.00 bits per heavy atom. The molecule has 1 atom stereocenters. The topological polar surface area (TPSA) is 92.3 Å². The number of H-pyrrole nitrogens is 1. The molecule has 0 aliphatic heterocycles. The van der Waals surface area contributed by atoms with Gasteiger partial charge in [-0.2, -0.15) is 0 Å². The predicted octanol–water partition coefficient (Wildman–Crippen LogP) is 5.32. The number of aromatic amines is 1. The first-order chi connectivity index (χ1) is 15.2. The lowest BCUT2D eigenvalue weighted by Crippen LogP contribution is -2.40. The van der Waals surface area contributed by atoms with Gasteiger partial charge in [0.2, 0.25) is 0 Å². The van der Waals surface area contributed by atoms with Gasteiger partial charge < -0.3 is 10.3 Å². The van der Waals surface area contributed by atoms with Gasteiger partial charge in [0.05, 0.1) is 11.8 Å². The van der Waals surface area contributed by atoms with E-state index in [2.05, 4.69) is 35.2 Å². The number of nitrogens with one attached hydrogen (secondary N) is 2. The second-order valence-corrected chi connectivity index (χ2v) is 9.54. The van der Waals surface area contributed by atoms with Crippen molar-refractivity contribution in [2.24, 2.45) is 11.8 Å². The molecule has 31 heavy (non-hydrogen) atoms. The van der Waals surface area contributed by atoms with Crippen LogP contribution in [0.2, 0.25) is 5.15 Å². The molecule has 4 aromatic rings. The third-order valence-electron chi connectivity index (χ3n) is 6.45. The average Bonchev–Trinajstić information content (AvgIpc) is 3.46. The first-order valence-electron chi connectivity index (χ1n) is 10.4. The molecule has 2 bridgehead atoms. The molecule has 2 N–H and O–H groups in total. The van der Waals surface area contributed by atoms with E-state index in [0.717, 1.165) is 12.3 Å². The van der Waals surface area contributed by atoms with E-state index in [9.17, 15) is 0 Å². The zero-order valence-electron chi connectivity index (χ0n) is 16.5. The van der Waals surface area contributed by atoms with Crippen molar-refractivity contribution in [3.05, 3.63) is 34.9 Å². The van der Waals surface area contributed by atoms with Crippen molar-refractivity contribution >= 4 is 39.9 Å². The third kappa shape index (κ3) is 3.36. The second kappa shape index (κ2) is 7.49. The number of nitrogens with zero attached hydrogens (tertiary/aromatic N) is 5. The fraction of sp³-hybridized carbons (Fsp3) is 0.381. The van der Waals surface area contributed by atoms with Crippen molar-refractivity contribution < 1.29 is 4.39 Å². The van der Waals surface area contributed by atoms with Crippen LogP contribution in [0, 0.1) is 17.7 Å². The number of fused-ring (bicyclic) bond motifs is 4. The van der Waals surface area contributed by atoms with Crippen molar-refractivity contribution in [1.29, 1.82) is 0 Å². The number of hydrogen-bond acceptors (Lipinski definition) is 7. The largest absolute Gasteiger partial charge is 0.364 e. The van der Waals surface area contributed by atoms with Gasteiger partial charge >= 0.3 is 0 Å². The summed E-state index contributed by atoms with van der Waals surface area (Å²) in [5.74, 6) is 1.39. The minimum Gasteiger partial charge on any atom is -0.364 e. The lowest BCUT2D eigenvalue weighted by atomic mass is 9.68. The SMILES string of the molecule is Fc1c(NC2CC3CCC2CC3)nc(-c2c[nH]c3ncc(Cl)nc23)nc1-c1nccs1. The fourth-order valence-electron chi connectivity index (χ4n) is 4.92. The number of aromatic nitrogens is 6. The van der Waals surface area contributed by atoms with Crippen molar-refractivity contribution in [1.82, 2.24) is 29.9 Å². The summed E-state index contributed by atoms with van der Waals surface area (Å²) in [6.07, 6.45) is 10.8. The molecule has 3 aliphatic rings. The number of rotatable bonds is 4. The van der Waals surface area contributed by atoms with E-state index in [1.165, 1.54) is 43.2 Å². The van der Waals surface area contributed by atoms with Crippen LogP contribution >= 0.6 is 22.9 Å². The molecule has 3 saturated carbocycles. The van der Waals surface area contributed by atoms with Crippen LogP contribution in [0.4, 0.5) is 10.2 Å². The first kappa shape index (κ1) is 19.1. The predicted molar refractivity (Wildman–Crippen MR) is 118 cm³/mol. The van der Waals surface area contributed by atoms with Crippen molar-refractivity contribution in [3.8, 4) is 22.1 Å². The van der Waals surface area contributed by atoms with Crippen LogP contribution in [0.3, 0.4) is 0 Å². The molecular formula is C21H19ClFN7S. The highest BCUT2D eigenvalue weighted by Crippen LogP contribution is 2.43. The quantitative estimate of drug-likeness (QED) is 0.432. The van der Waals surface area contributed by atoms with Gasteiger partial charge in [0.1, 0.15) is 21.4 Å². The van der Waals surface area contributed by atoms with E-state index in [4.69, 9.17) is 11.6 Å². The molecule has 3 aliphatic carbocycles. The van der Waals surface area contributed by atoms with Crippen molar-refractivity contribution in [2.75, 3.05) is 5.32 Å². The molecule has 7 nitrogen and oxygen atoms in total. The molecule has 0 spiro atoms.